The Balaban J connectivity index is 1.51. The summed E-state index contributed by atoms with van der Waals surface area (Å²) in [4.78, 5) is 10.6. The fourth-order valence-corrected chi connectivity index (χ4v) is 7.39. The van der Waals surface area contributed by atoms with Crippen LogP contribution >= 0.6 is 0 Å². The van der Waals surface area contributed by atoms with Gasteiger partial charge in [0.25, 0.3) is 0 Å². The highest BCUT2D eigenvalue weighted by molar-refractivity contribution is 6.25. The Bertz CT molecular complexity index is 2380. The van der Waals surface area contributed by atoms with Gasteiger partial charge in [-0.25, -0.2) is 9.97 Å². The van der Waals surface area contributed by atoms with E-state index in [1.165, 1.54) is 49.3 Å². The number of rotatable bonds is 2. The van der Waals surface area contributed by atoms with Crippen LogP contribution in [-0.4, -0.2) is 14.5 Å². The van der Waals surface area contributed by atoms with Crippen LogP contribution in [0.1, 0.15) is 25.0 Å². The largest absolute Gasteiger partial charge is 0.277 e. The lowest BCUT2D eigenvalue weighted by Crippen LogP contribution is -2.15. The van der Waals surface area contributed by atoms with Crippen molar-refractivity contribution in [1.82, 2.24) is 14.5 Å². The zero-order chi connectivity index (χ0) is 28.0. The van der Waals surface area contributed by atoms with Crippen LogP contribution in [0.25, 0.3) is 71.8 Å². The van der Waals surface area contributed by atoms with Crippen LogP contribution in [0, 0.1) is 0 Å². The number of benzene rings is 6. The number of hydrogen-bond donors (Lipinski definition) is 0. The van der Waals surface area contributed by atoms with Gasteiger partial charge in [0, 0.05) is 32.5 Å². The topological polar surface area (TPSA) is 30.7 Å². The van der Waals surface area contributed by atoms with Crippen LogP contribution in [0.4, 0.5) is 0 Å². The van der Waals surface area contributed by atoms with Crippen molar-refractivity contribution in [1.29, 1.82) is 0 Å². The molecule has 42 heavy (non-hydrogen) atoms. The molecule has 198 valence electrons. The van der Waals surface area contributed by atoms with Crippen molar-refractivity contribution in [2.75, 3.05) is 0 Å². The third-order valence-corrected chi connectivity index (χ3v) is 9.16. The van der Waals surface area contributed by atoms with E-state index in [4.69, 9.17) is 9.97 Å². The molecule has 1 aliphatic rings. The van der Waals surface area contributed by atoms with Crippen molar-refractivity contribution in [3.05, 3.63) is 139 Å². The van der Waals surface area contributed by atoms with E-state index < -0.39 is 0 Å². The van der Waals surface area contributed by atoms with Gasteiger partial charge in [0.15, 0.2) is 0 Å². The Labute approximate surface area is 243 Å². The van der Waals surface area contributed by atoms with E-state index in [0.29, 0.717) is 5.95 Å². The lowest BCUT2D eigenvalue weighted by molar-refractivity contribution is 0.667. The summed E-state index contributed by atoms with van der Waals surface area (Å²) in [6, 6.07) is 45.3. The fourth-order valence-electron chi connectivity index (χ4n) is 7.39. The third kappa shape index (κ3) is 3.00. The zero-order valence-electron chi connectivity index (χ0n) is 23.5. The molecule has 8 aromatic rings. The number of para-hydroxylation sites is 2. The smallest absolute Gasteiger partial charge is 0.235 e. The highest BCUT2D eigenvalue weighted by atomic mass is 15.2. The first-order valence-electron chi connectivity index (χ1n) is 14.5. The van der Waals surface area contributed by atoms with Crippen LogP contribution in [0.15, 0.2) is 127 Å². The number of aromatic nitrogens is 3. The van der Waals surface area contributed by atoms with Crippen LogP contribution in [0.5, 0.6) is 0 Å². The maximum atomic E-state index is 5.34. The van der Waals surface area contributed by atoms with Crippen molar-refractivity contribution in [3.63, 3.8) is 0 Å². The minimum Gasteiger partial charge on any atom is -0.277 e. The van der Waals surface area contributed by atoms with Gasteiger partial charge >= 0.3 is 0 Å². The van der Waals surface area contributed by atoms with E-state index >= 15 is 0 Å². The Kier molecular flexibility index (Phi) is 4.67. The fraction of sp³-hybridized carbons (Fsp3) is 0.0769. The lowest BCUT2D eigenvalue weighted by atomic mass is 9.79. The first-order valence-corrected chi connectivity index (χ1v) is 14.5. The second-order valence-corrected chi connectivity index (χ2v) is 11.8. The Morgan fingerprint density at radius 3 is 2.05 bits per heavy atom. The molecule has 0 fully saturated rings. The second kappa shape index (κ2) is 8.37. The maximum absolute atomic E-state index is 5.34. The van der Waals surface area contributed by atoms with Crippen LogP contribution in [0.3, 0.4) is 0 Å². The molecule has 3 nitrogen and oxygen atoms in total. The summed E-state index contributed by atoms with van der Waals surface area (Å²) in [5.74, 6) is 0.692. The monoisotopic (exact) mass is 537 g/mol. The highest BCUT2D eigenvalue weighted by Gasteiger charge is 2.39. The highest BCUT2D eigenvalue weighted by Crippen LogP contribution is 2.56. The summed E-state index contributed by atoms with van der Waals surface area (Å²) in [5.41, 5.74) is 10.5. The average molecular weight is 538 g/mol. The molecule has 0 spiro atoms. The van der Waals surface area contributed by atoms with E-state index in [2.05, 4.69) is 140 Å². The molecule has 0 radical (unpaired) electrons. The molecule has 2 heterocycles. The molecule has 0 unspecified atom stereocenters. The van der Waals surface area contributed by atoms with E-state index in [1.807, 2.05) is 6.07 Å². The molecular formula is C39H27N3. The van der Waals surface area contributed by atoms with Crippen LogP contribution in [0.2, 0.25) is 0 Å². The van der Waals surface area contributed by atoms with Gasteiger partial charge in [-0.15, -0.1) is 0 Å². The number of nitrogens with zero attached hydrogens (tertiary/aromatic N) is 3. The van der Waals surface area contributed by atoms with Crippen molar-refractivity contribution >= 4 is 43.5 Å². The lowest BCUT2D eigenvalue weighted by Gasteiger charge is -2.23. The van der Waals surface area contributed by atoms with Crippen LogP contribution < -0.4 is 0 Å². The van der Waals surface area contributed by atoms with E-state index in [1.54, 1.807) is 0 Å². The van der Waals surface area contributed by atoms with Gasteiger partial charge in [-0.05, 0) is 39.8 Å². The van der Waals surface area contributed by atoms with Gasteiger partial charge < -0.3 is 0 Å². The summed E-state index contributed by atoms with van der Waals surface area (Å²) in [6.07, 6.45) is 0. The predicted molar refractivity (Wildman–Crippen MR) is 174 cm³/mol. The standard InChI is InChI=1S/C39H27N3/c1-39(2)30-21-11-8-18-27(30)33-25-16-6-7-17-26(25)37-34(35(33)39)29-20-10-13-23-32(29)42(37)38-40-31-22-12-9-19-28(31)36(41-38)24-14-4-3-5-15-24/h3-23H,1-2H3. The molecule has 0 N–H and O–H groups in total. The summed E-state index contributed by atoms with van der Waals surface area (Å²) in [5, 5.41) is 6.06. The van der Waals surface area contributed by atoms with E-state index in [-0.39, 0.29) is 5.41 Å². The number of fused-ring (bicyclic) bond motifs is 11. The van der Waals surface area contributed by atoms with Crippen molar-refractivity contribution in [2.24, 2.45) is 0 Å². The summed E-state index contributed by atoms with van der Waals surface area (Å²) < 4.78 is 2.31. The van der Waals surface area contributed by atoms with Gasteiger partial charge in [0.1, 0.15) is 0 Å². The molecule has 0 amide bonds. The van der Waals surface area contributed by atoms with Gasteiger partial charge in [0.2, 0.25) is 5.95 Å². The molecule has 6 aromatic carbocycles. The molecule has 1 aliphatic carbocycles. The van der Waals surface area contributed by atoms with Crippen molar-refractivity contribution < 1.29 is 0 Å². The summed E-state index contributed by atoms with van der Waals surface area (Å²) in [6.45, 7) is 4.75. The molecule has 0 saturated heterocycles. The summed E-state index contributed by atoms with van der Waals surface area (Å²) >= 11 is 0. The van der Waals surface area contributed by atoms with Crippen molar-refractivity contribution in [2.45, 2.75) is 19.3 Å². The SMILES string of the molecule is CC1(C)c2ccccc2-c2c1c1c3ccccc3n(-c3nc(-c4ccccc4)c4ccccc4n3)c1c1ccccc21. The molecule has 0 aliphatic heterocycles. The zero-order valence-corrected chi connectivity index (χ0v) is 23.5. The molecule has 0 atom stereocenters. The number of hydrogen-bond acceptors (Lipinski definition) is 2. The average Bonchev–Trinajstić information content (AvgIpc) is 3.50. The second-order valence-electron chi connectivity index (χ2n) is 11.8. The van der Waals surface area contributed by atoms with Gasteiger partial charge in [-0.1, -0.05) is 129 Å². The quantitative estimate of drug-likeness (QED) is 0.220. The molecule has 0 bridgehead atoms. The third-order valence-electron chi connectivity index (χ3n) is 9.16. The van der Waals surface area contributed by atoms with Crippen molar-refractivity contribution in [3.8, 4) is 28.3 Å². The minimum absolute atomic E-state index is 0.164. The predicted octanol–water partition coefficient (Wildman–Crippen LogP) is 9.85. The van der Waals surface area contributed by atoms with E-state index in [0.717, 1.165) is 27.7 Å². The van der Waals surface area contributed by atoms with Gasteiger partial charge in [0.05, 0.1) is 22.2 Å². The molecule has 2 aromatic heterocycles. The first-order chi connectivity index (χ1) is 20.6. The minimum atomic E-state index is -0.164. The van der Waals surface area contributed by atoms with Gasteiger partial charge in [-0.2, -0.15) is 0 Å². The molecular weight excluding hydrogens is 510 g/mol. The molecule has 9 rings (SSSR count). The summed E-state index contributed by atoms with van der Waals surface area (Å²) in [7, 11) is 0. The van der Waals surface area contributed by atoms with Crippen LogP contribution in [-0.2, 0) is 5.41 Å². The molecule has 3 heteroatoms. The Hall–Kier alpha value is -5.28. The normalized spacial score (nSPS) is 13.7. The Morgan fingerprint density at radius 2 is 1.21 bits per heavy atom. The molecule has 0 saturated carbocycles. The van der Waals surface area contributed by atoms with E-state index in [9.17, 15) is 0 Å². The first kappa shape index (κ1) is 23.4. The maximum Gasteiger partial charge on any atom is 0.235 e. The van der Waals surface area contributed by atoms with Gasteiger partial charge in [-0.3, -0.25) is 4.57 Å². The Morgan fingerprint density at radius 1 is 0.571 bits per heavy atom.